The zero-order chi connectivity index (χ0) is 13.2. The van der Waals surface area contributed by atoms with E-state index in [1.54, 1.807) is 11.8 Å². The molecule has 0 spiro atoms. The van der Waals surface area contributed by atoms with Gasteiger partial charge in [0, 0.05) is 11.8 Å². The number of rotatable bonds is 4. The second kappa shape index (κ2) is 5.36. The van der Waals surface area contributed by atoms with Gasteiger partial charge in [0.15, 0.2) is 15.8 Å². The molecule has 1 aromatic heterocycles. The van der Waals surface area contributed by atoms with Gasteiger partial charge in [-0.2, -0.15) is 4.37 Å². The van der Waals surface area contributed by atoms with E-state index in [9.17, 15) is 0 Å². The van der Waals surface area contributed by atoms with Gasteiger partial charge in [0.25, 0.3) is 0 Å². The molecule has 1 atom stereocenters. The Bertz CT molecular complexity index is 588. The first-order chi connectivity index (χ1) is 9.22. The monoisotopic (exact) mass is 295 g/mol. The topological polar surface area (TPSA) is 70.3 Å². The van der Waals surface area contributed by atoms with Gasteiger partial charge in [-0.3, -0.25) is 0 Å². The van der Waals surface area contributed by atoms with Gasteiger partial charge in [-0.15, -0.1) is 0 Å². The molecule has 19 heavy (non-hydrogen) atoms. The fourth-order valence-electron chi connectivity index (χ4n) is 1.74. The van der Waals surface area contributed by atoms with Gasteiger partial charge in [0.2, 0.25) is 6.79 Å². The Hall–Kier alpha value is -1.31. The van der Waals surface area contributed by atoms with E-state index < -0.39 is 0 Å². The lowest BCUT2D eigenvalue weighted by Gasteiger charge is -2.11. The van der Waals surface area contributed by atoms with E-state index in [-0.39, 0.29) is 12.8 Å². The molecule has 0 saturated heterocycles. The van der Waals surface area contributed by atoms with Gasteiger partial charge in [-0.25, -0.2) is 4.98 Å². The molecule has 0 fully saturated rings. The average molecular weight is 295 g/mol. The first-order valence-corrected chi connectivity index (χ1v) is 7.56. The second-order valence-electron chi connectivity index (χ2n) is 4.14. The molecule has 1 aliphatic heterocycles. The summed E-state index contributed by atoms with van der Waals surface area (Å²) in [5.41, 5.74) is 7.22. The zero-order valence-electron chi connectivity index (χ0n) is 10.3. The van der Waals surface area contributed by atoms with Gasteiger partial charge < -0.3 is 15.2 Å². The largest absolute Gasteiger partial charge is 0.454 e. The predicted octanol–water partition coefficient (Wildman–Crippen LogP) is 2.37. The molecule has 7 heteroatoms. The van der Waals surface area contributed by atoms with Crippen LogP contribution in [0.3, 0.4) is 0 Å². The van der Waals surface area contributed by atoms with Crippen LogP contribution in [0.1, 0.15) is 17.4 Å². The highest BCUT2D eigenvalue weighted by atomic mass is 32.2. The van der Waals surface area contributed by atoms with Crippen molar-refractivity contribution in [2.75, 3.05) is 12.5 Å². The highest BCUT2D eigenvalue weighted by molar-refractivity contribution is 8.00. The third-order valence-electron chi connectivity index (χ3n) is 2.72. The van der Waals surface area contributed by atoms with Crippen molar-refractivity contribution in [3.05, 3.63) is 29.6 Å². The molecule has 1 aromatic carbocycles. The zero-order valence-corrected chi connectivity index (χ0v) is 12.0. The van der Waals surface area contributed by atoms with Crippen molar-refractivity contribution in [2.24, 2.45) is 5.73 Å². The van der Waals surface area contributed by atoms with Crippen LogP contribution in [-0.4, -0.2) is 21.9 Å². The number of thioether (sulfide) groups is 1. The normalized spacial score (nSPS) is 14.6. The van der Waals surface area contributed by atoms with E-state index in [4.69, 9.17) is 15.2 Å². The Labute approximate surface area is 119 Å². The van der Waals surface area contributed by atoms with Crippen LogP contribution in [0, 0.1) is 6.92 Å². The summed E-state index contributed by atoms with van der Waals surface area (Å²) in [5.74, 6) is 3.12. The van der Waals surface area contributed by atoms with E-state index in [0.717, 1.165) is 33.0 Å². The minimum atomic E-state index is -0.0660. The Morgan fingerprint density at radius 1 is 1.42 bits per heavy atom. The molecule has 3 rings (SSSR count). The molecular weight excluding hydrogens is 282 g/mol. The van der Waals surface area contributed by atoms with Crippen LogP contribution in [0.15, 0.2) is 22.5 Å². The molecule has 2 aromatic rings. The van der Waals surface area contributed by atoms with Crippen molar-refractivity contribution in [3.63, 3.8) is 0 Å². The van der Waals surface area contributed by atoms with Crippen molar-refractivity contribution in [1.29, 1.82) is 0 Å². The third kappa shape index (κ3) is 2.83. The molecule has 1 unspecified atom stereocenters. The number of hydrogen-bond donors (Lipinski definition) is 1. The van der Waals surface area contributed by atoms with Gasteiger partial charge in [-0.05, 0) is 36.2 Å². The first-order valence-electron chi connectivity index (χ1n) is 5.80. The van der Waals surface area contributed by atoms with E-state index in [2.05, 4.69) is 9.36 Å². The van der Waals surface area contributed by atoms with Gasteiger partial charge in [0.1, 0.15) is 5.82 Å². The van der Waals surface area contributed by atoms with Crippen molar-refractivity contribution < 1.29 is 9.47 Å². The fraction of sp³-hybridized carbons (Fsp3) is 0.333. The summed E-state index contributed by atoms with van der Waals surface area (Å²) in [6, 6.07) is 5.75. The summed E-state index contributed by atoms with van der Waals surface area (Å²) in [6.07, 6.45) is 0. The number of nitrogens with two attached hydrogens (primary N) is 1. The second-order valence-corrected chi connectivity index (χ2v) is 6.16. The summed E-state index contributed by atoms with van der Waals surface area (Å²) < 4.78 is 15.7. The average Bonchev–Trinajstić information content (AvgIpc) is 3.03. The first kappa shape index (κ1) is 12.7. The molecule has 0 bridgehead atoms. The van der Waals surface area contributed by atoms with Gasteiger partial charge in [0.05, 0.1) is 0 Å². The standard InChI is InChI=1S/C12H13N3O2S2/c1-7-14-12(19-15-7)18-5-9(13)8-2-3-10-11(4-8)17-6-16-10/h2-4,9H,5-6,13H2,1H3. The molecule has 0 radical (unpaired) electrons. The predicted molar refractivity (Wildman–Crippen MR) is 74.9 cm³/mol. The van der Waals surface area contributed by atoms with Crippen molar-refractivity contribution in [2.45, 2.75) is 17.3 Å². The maximum Gasteiger partial charge on any atom is 0.231 e. The summed E-state index contributed by atoms with van der Waals surface area (Å²) in [7, 11) is 0. The van der Waals surface area contributed by atoms with Crippen LogP contribution < -0.4 is 15.2 Å². The maximum absolute atomic E-state index is 6.18. The lowest BCUT2D eigenvalue weighted by molar-refractivity contribution is 0.174. The highest BCUT2D eigenvalue weighted by Gasteiger charge is 2.16. The fourth-order valence-corrected chi connectivity index (χ4v) is 3.40. The molecule has 5 nitrogen and oxygen atoms in total. The van der Waals surface area contributed by atoms with E-state index in [0.29, 0.717) is 0 Å². The van der Waals surface area contributed by atoms with Gasteiger partial charge >= 0.3 is 0 Å². The van der Waals surface area contributed by atoms with Crippen molar-refractivity contribution in [1.82, 2.24) is 9.36 Å². The maximum atomic E-state index is 6.18. The molecule has 100 valence electrons. The van der Waals surface area contributed by atoms with Crippen LogP contribution in [0.4, 0.5) is 0 Å². The van der Waals surface area contributed by atoms with Crippen LogP contribution in [0.2, 0.25) is 0 Å². The number of benzene rings is 1. The lowest BCUT2D eigenvalue weighted by atomic mass is 10.1. The number of hydrogen-bond acceptors (Lipinski definition) is 7. The van der Waals surface area contributed by atoms with Crippen LogP contribution in [0.25, 0.3) is 0 Å². The molecular formula is C12H13N3O2S2. The number of aromatic nitrogens is 2. The molecule has 0 aliphatic carbocycles. The van der Waals surface area contributed by atoms with E-state index in [1.165, 1.54) is 11.5 Å². The molecule has 1 aliphatic rings. The smallest absolute Gasteiger partial charge is 0.231 e. The Balaban J connectivity index is 1.65. The lowest BCUT2D eigenvalue weighted by Crippen LogP contribution is -2.12. The number of aryl methyl sites for hydroxylation is 1. The van der Waals surface area contributed by atoms with Crippen LogP contribution in [0.5, 0.6) is 11.5 Å². The van der Waals surface area contributed by atoms with E-state index >= 15 is 0 Å². The van der Waals surface area contributed by atoms with Crippen LogP contribution in [-0.2, 0) is 0 Å². The van der Waals surface area contributed by atoms with Gasteiger partial charge in [-0.1, -0.05) is 17.8 Å². The van der Waals surface area contributed by atoms with E-state index in [1.807, 2.05) is 25.1 Å². The molecule has 0 saturated carbocycles. The quantitative estimate of drug-likeness (QED) is 0.873. The minimum absolute atomic E-state index is 0.0660. The highest BCUT2D eigenvalue weighted by Crippen LogP contribution is 2.34. The van der Waals surface area contributed by atoms with Crippen molar-refractivity contribution in [3.8, 4) is 11.5 Å². The number of fused-ring (bicyclic) bond motifs is 1. The number of nitrogens with zero attached hydrogens (tertiary/aromatic N) is 2. The minimum Gasteiger partial charge on any atom is -0.454 e. The third-order valence-corrected chi connectivity index (χ3v) is 4.76. The summed E-state index contributed by atoms with van der Waals surface area (Å²) >= 11 is 3.03. The molecule has 2 heterocycles. The Morgan fingerprint density at radius 2 is 2.26 bits per heavy atom. The Morgan fingerprint density at radius 3 is 3.05 bits per heavy atom. The SMILES string of the molecule is Cc1nsc(SCC(N)c2ccc3c(c2)OCO3)n1. The summed E-state index contributed by atoms with van der Waals surface area (Å²) in [4.78, 5) is 4.30. The molecule has 0 amide bonds. The van der Waals surface area contributed by atoms with Crippen molar-refractivity contribution >= 4 is 23.3 Å². The van der Waals surface area contributed by atoms with Crippen LogP contribution >= 0.6 is 23.3 Å². The number of ether oxygens (including phenoxy) is 2. The Kier molecular flexibility index (Phi) is 3.58. The summed E-state index contributed by atoms with van der Waals surface area (Å²) in [5, 5.41) is 0. The summed E-state index contributed by atoms with van der Waals surface area (Å²) in [6.45, 7) is 2.17. The molecule has 2 N–H and O–H groups in total.